The van der Waals surface area contributed by atoms with Gasteiger partial charge in [0.1, 0.15) is 5.75 Å². The first-order chi connectivity index (χ1) is 7.75. The standard InChI is InChI=1S/C12H17ClO3S/c1-5-10(4)16-11-6-9(3)12(7-8(11)2)17(13,14)15/h6-7,10H,5H2,1-4H3. The fraction of sp³-hybridized carbons (Fsp3) is 0.500. The zero-order chi connectivity index (χ0) is 13.2. The number of halogens is 1. The van der Waals surface area contributed by atoms with Crippen LogP contribution in [0.5, 0.6) is 5.75 Å². The van der Waals surface area contributed by atoms with E-state index in [-0.39, 0.29) is 11.0 Å². The summed E-state index contributed by atoms with van der Waals surface area (Å²) < 4.78 is 28.3. The number of rotatable bonds is 4. The van der Waals surface area contributed by atoms with Crippen LogP contribution in [0.4, 0.5) is 0 Å². The summed E-state index contributed by atoms with van der Waals surface area (Å²) in [7, 11) is 1.66. The summed E-state index contributed by atoms with van der Waals surface area (Å²) in [5.41, 5.74) is 1.37. The number of hydrogen-bond donors (Lipinski definition) is 0. The number of aryl methyl sites for hydroxylation is 2. The van der Waals surface area contributed by atoms with E-state index in [1.165, 1.54) is 0 Å². The molecule has 0 bridgehead atoms. The molecule has 0 aliphatic heterocycles. The van der Waals surface area contributed by atoms with E-state index in [0.29, 0.717) is 11.3 Å². The van der Waals surface area contributed by atoms with Crippen LogP contribution in [0.1, 0.15) is 31.4 Å². The Bertz CT molecular complexity index is 509. The van der Waals surface area contributed by atoms with Gasteiger partial charge in [-0.05, 0) is 50.5 Å². The molecule has 0 aromatic heterocycles. The van der Waals surface area contributed by atoms with Crippen molar-refractivity contribution < 1.29 is 13.2 Å². The summed E-state index contributed by atoms with van der Waals surface area (Å²) >= 11 is 0. The summed E-state index contributed by atoms with van der Waals surface area (Å²) in [6.45, 7) is 7.52. The van der Waals surface area contributed by atoms with Gasteiger partial charge in [-0.2, -0.15) is 0 Å². The van der Waals surface area contributed by atoms with E-state index in [0.717, 1.165) is 12.0 Å². The maximum Gasteiger partial charge on any atom is 0.261 e. The lowest BCUT2D eigenvalue weighted by Crippen LogP contribution is -2.11. The Kier molecular flexibility index (Phi) is 4.44. The van der Waals surface area contributed by atoms with Gasteiger partial charge < -0.3 is 4.74 Å². The average molecular weight is 277 g/mol. The van der Waals surface area contributed by atoms with Gasteiger partial charge >= 0.3 is 0 Å². The number of hydrogen-bond acceptors (Lipinski definition) is 3. The SMILES string of the molecule is CCC(C)Oc1cc(C)c(S(=O)(=O)Cl)cc1C. The Morgan fingerprint density at radius 3 is 2.35 bits per heavy atom. The lowest BCUT2D eigenvalue weighted by molar-refractivity contribution is 0.215. The largest absolute Gasteiger partial charge is 0.490 e. The van der Waals surface area contributed by atoms with Gasteiger partial charge in [0, 0.05) is 10.7 Å². The Hall–Kier alpha value is -0.740. The molecule has 1 aromatic carbocycles. The van der Waals surface area contributed by atoms with Gasteiger partial charge in [0.2, 0.25) is 0 Å². The van der Waals surface area contributed by atoms with E-state index >= 15 is 0 Å². The first-order valence-electron chi connectivity index (χ1n) is 5.48. The molecule has 3 nitrogen and oxygen atoms in total. The second-order valence-electron chi connectivity index (χ2n) is 4.16. The molecule has 0 fully saturated rings. The Balaban J connectivity index is 3.19. The molecule has 0 saturated carbocycles. The van der Waals surface area contributed by atoms with Crippen LogP contribution in [0.15, 0.2) is 17.0 Å². The summed E-state index contributed by atoms with van der Waals surface area (Å²) in [5.74, 6) is 0.709. The quantitative estimate of drug-likeness (QED) is 0.792. The second kappa shape index (κ2) is 5.27. The fourth-order valence-electron chi connectivity index (χ4n) is 1.45. The van der Waals surface area contributed by atoms with Gasteiger partial charge in [-0.15, -0.1) is 0 Å². The zero-order valence-electron chi connectivity index (χ0n) is 10.5. The van der Waals surface area contributed by atoms with Crippen LogP contribution >= 0.6 is 10.7 Å². The molecule has 1 rings (SSSR count). The first kappa shape index (κ1) is 14.3. The van der Waals surface area contributed by atoms with E-state index in [1.807, 2.05) is 20.8 Å². The average Bonchev–Trinajstić information content (AvgIpc) is 2.21. The number of ether oxygens (including phenoxy) is 1. The van der Waals surface area contributed by atoms with Crippen molar-refractivity contribution in [3.63, 3.8) is 0 Å². The Labute approximate surface area is 107 Å². The van der Waals surface area contributed by atoms with Crippen molar-refractivity contribution in [1.82, 2.24) is 0 Å². The summed E-state index contributed by atoms with van der Waals surface area (Å²) in [6.07, 6.45) is 1.00. The minimum Gasteiger partial charge on any atom is -0.490 e. The monoisotopic (exact) mass is 276 g/mol. The molecular formula is C12H17ClO3S. The van der Waals surface area contributed by atoms with Gasteiger partial charge in [-0.25, -0.2) is 8.42 Å². The number of benzene rings is 1. The van der Waals surface area contributed by atoms with Crippen molar-refractivity contribution in [2.45, 2.75) is 45.1 Å². The normalized spacial score (nSPS) is 13.5. The molecule has 1 atom stereocenters. The highest BCUT2D eigenvalue weighted by molar-refractivity contribution is 8.13. The molecule has 0 heterocycles. The molecular weight excluding hydrogens is 260 g/mol. The van der Waals surface area contributed by atoms with Crippen LogP contribution in [-0.2, 0) is 9.05 Å². The van der Waals surface area contributed by atoms with Gasteiger partial charge in [0.25, 0.3) is 9.05 Å². The van der Waals surface area contributed by atoms with Crippen LogP contribution in [0.3, 0.4) is 0 Å². The molecule has 0 saturated heterocycles. The highest BCUT2D eigenvalue weighted by Crippen LogP contribution is 2.28. The predicted molar refractivity (Wildman–Crippen MR) is 69.3 cm³/mol. The van der Waals surface area contributed by atoms with Crippen molar-refractivity contribution in [3.8, 4) is 5.75 Å². The van der Waals surface area contributed by atoms with Crippen molar-refractivity contribution in [2.75, 3.05) is 0 Å². The molecule has 0 spiro atoms. The smallest absolute Gasteiger partial charge is 0.261 e. The lowest BCUT2D eigenvalue weighted by atomic mass is 10.1. The topological polar surface area (TPSA) is 43.4 Å². The molecule has 0 amide bonds. The van der Waals surface area contributed by atoms with E-state index < -0.39 is 9.05 Å². The van der Waals surface area contributed by atoms with E-state index in [9.17, 15) is 8.42 Å². The minimum absolute atomic E-state index is 0.103. The molecule has 0 aliphatic rings. The molecule has 17 heavy (non-hydrogen) atoms. The summed E-state index contributed by atoms with van der Waals surface area (Å²) in [4.78, 5) is 0.146. The fourth-order valence-corrected chi connectivity index (χ4v) is 2.71. The molecule has 5 heteroatoms. The molecule has 0 N–H and O–H groups in total. The van der Waals surface area contributed by atoms with Crippen molar-refractivity contribution >= 4 is 19.7 Å². The van der Waals surface area contributed by atoms with Crippen LogP contribution in [-0.4, -0.2) is 14.5 Å². The second-order valence-corrected chi connectivity index (χ2v) is 6.69. The van der Waals surface area contributed by atoms with Gasteiger partial charge in [0.15, 0.2) is 0 Å². The molecule has 1 aromatic rings. The van der Waals surface area contributed by atoms with Crippen LogP contribution in [0.2, 0.25) is 0 Å². The van der Waals surface area contributed by atoms with Crippen LogP contribution in [0, 0.1) is 13.8 Å². The maximum absolute atomic E-state index is 11.3. The van der Waals surface area contributed by atoms with Crippen molar-refractivity contribution in [3.05, 3.63) is 23.3 Å². The van der Waals surface area contributed by atoms with Crippen LogP contribution in [0.25, 0.3) is 0 Å². The molecule has 0 radical (unpaired) electrons. The van der Waals surface area contributed by atoms with Crippen molar-refractivity contribution in [2.24, 2.45) is 0 Å². The summed E-state index contributed by atoms with van der Waals surface area (Å²) in [6, 6.07) is 3.27. The maximum atomic E-state index is 11.3. The lowest BCUT2D eigenvalue weighted by Gasteiger charge is -2.16. The third kappa shape index (κ3) is 3.61. The van der Waals surface area contributed by atoms with Gasteiger partial charge in [-0.3, -0.25) is 0 Å². The summed E-state index contributed by atoms with van der Waals surface area (Å²) in [5, 5.41) is 0. The third-order valence-corrected chi connectivity index (χ3v) is 4.10. The van der Waals surface area contributed by atoms with Gasteiger partial charge in [0.05, 0.1) is 11.0 Å². The molecule has 96 valence electrons. The van der Waals surface area contributed by atoms with Crippen molar-refractivity contribution in [1.29, 1.82) is 0 Å². The predicted octanol–water partition coefficient (Wildman–Crippen LogP) is 3.41. The zero-order valence-corrected chi connectivity index (χ0v) is 12.0. The third-order valence-electron chi connectivity index (χ3n) is 2.64. The Morgan fingerprint density at radius 2 is 1.88 bits per heavy atom. The van der Waals surface area contributed by atoms with E-state index in [1.54, 1.807) is 19.1 Å². The van der Waals surface area contributed by atoms with E-state index in [4.69, 9.17) is 15.4 Å². The van der Waals surface area contributed by atoms with Crippen LogP contribution < -0.4 is 4.74 Å². The Morgan fingerprint density at radius 1 is 1.29 bits per heavy atom. The highest BCUT2D eigenvalue weighted by atomic mass is 35.7. The first-order valence-corrected chi connectivity index (χ1v) is 7.79. The van der Waals surface area contributed by atoms with Gasteiger partial charge in [-0.1, -0.05) is 6.92 Å². The van der Waals surface area contributed by atoms with E-state index in [2.05, 4.69) is 0 Å². The molecule has 0 aliphatic carbocycles. The highest BCUT2D eigenvalue weighted by Gasteiger charge is 2.16. The minimum atomic E-state index is -3.69. The molecule has 1 unspecified atom stereocenters.